The molecule has 0 fully saturated rings. The molecule has 0 spiro atoms. The van der Waals surface area contributed by atoms with Gasteiger partial charge < -0.3 is 14.6 Å². The standard InChI is InChI=1S/C13H15N3O5/c1-8-10(7-17)13(15(2)14-8)21-9-4-5-12(20-3)11(6-9)16(18)19/h4-6,17H,7H2,1-3H3. The molecule has 1 aromatic heterocycles. The van der Waals surface area contributed by atoms with E-state index in [1.165, 1.54) is 23.9 Å². The normalized spacial score (nSPS) is 10.5. The maximum Gasteiger partial charge on any atom is 0.314 e. The van der Waals surface area contributed by atoms with Crippen LogP contribution in [0.15, 0.2) is 18.2 Å². The minimum absolute atomic E-state index is 0.149. The molecule has 0 aliphatic rings. The molecule has 0 bridgehead atoms. The van der Waals surface area contributed by atoms with Crippen LogP contribution in [0.4, 0.5) is 5.69 Å². The van der Waals surface area contributed by atoms with Crippen molar-refractivity contribution < 1.29 is 19.5 Å². The zero-order valence-electron chi connectivity index (χ0n) is 11.9. The van der Waals surface area contributed by atoms with Crippen molar-refractivity contribution in [2.75, 3.05) is 7.11 Å². The molecular formula is C13H15N3O5. The van der Waals surface area contributed by atoms with Gasteiger partial charge in [0.05, 0.1) is 36.0 Å². The monoisotopic (exact) mass is 293 g/mol. The van der Waals surface area contributed by atoms with E-state index >= 15 is 0 Å². The number of aliphatic hydroxyl groups is 1. The van der Waals surface area contributed by atoms with Crippen LogP contribution in [0.5, 0.6) is 17.4 Å². The number of nitro groups is 1. The summed E-state index contributed by atoms with van der Waals surface area (Å²) in [4.78, 5) is 10.4. The molecule has 21 heavy (non-hydrogen) atoms. The molecule has 0 amide bonds. The molecule has 0 atom stereocenters. The van der Waals surface area contributed by atoms with E-state index in [1.807, 2.05) is 0 Å². The van der Waals surface area contributed by atoms with Crippen LogP contribution in [-0.2, 0) is 13.7 Å². The largest absolute Gasteiger partial charge is 0.490 e. The Bertz CT molecular complexity index is 681. The fourth-order valence-electron chi connectivity index (χ4n) is 1.98. The van der Waals surface area contributed by atoms with E-state index in [-0.39, 0.29) is 23.8 Å². The molecule has 0 aliphatic carbocycles. The van der Waals surface area contributed by atoms with E-state index in [0.29, 0.717) is 17.1 Å². The summed E-state index contributed by atoms with van der Waals surface area (Å²) in [6.07, 6.45) is 0. The van der Waals surface area contributed by atoms with Crippen molar-refractivity contribution in [3.63, 3.8) is 0 Å². The molecule has 0 saturated carbocycles. The van der Waals surface area contributed by atoms with E-state index in [1.54, 1.807) is 20.0 Å². The van der Waals surface area contributed by atoms with Crippen LogP contribution in [0.3, 0.4) is 0 Å². The highest BCUT2D eigenvalue weighted by Crippen LogP contribution is 2.34. The van der Waals surface area contributed by atoms with Crippen molar-refractivity contribution in [3.8, 4) is 17.4 Å². The molecule has 0 radical (unpaired) electrons. The summed E-state index contributed by atoms with van der Waals surface area (Å²) in [6, 6.07) is 4.27. The number of methoxy groups -OCH3 is 1. The van der Waals surface area contributed by atoms with Gasteiger partial charge in [0.1, 0.15) is 5.75 Å². The molecule has 8 nitrogen and oxygen atoms in total. The van der Waals surface area contributed by atoms with Crippen molar-refractivity contribution >= 4 is 5.69 Å². The highest BCUT2D eigenvalue weighted by atomic mass is 16.6. The number of rotatable bonds is 5. The topological polar surface area (TPSA) is 99.7 Å². The van der Waals surface area contributed by atoms with E-state index in [9.17, 15) is 15.2 Å². The predicted molar refractivity (Wildman–Crippen MR) is 73.6 cm³/mol. The minimum atomic E-state index is -0.548. The Labute approximate surface area is 120 Å². The first-order chi connectivity index (χ1) is 9.97. The van der Waals surface area contributed by atoms with Crippen LogP contribution in [0.1, 0.15) is 11.3 Å². The van der Waals surface area contributed by atoms with Gasteiger partial charge in [-0.3, -0.25) is 10.1 Å². The zero-order valence-corrected chi connectivity index (χ0v) is 11.9. The molecule has 0 aliphatic heterocycles. The van der Waals surface area contributed by atoms with Gasteiger partial charge in [0.25, 0.3) is 0 Å². The Morgan fingerprint density at radius 3 is 2.76 bits per heavy atom. The van der Waals surface area contributed by atoms with Gasteiger partial charge in [-0.05, 0) is 19.1 Å². The summed E-state index contributed by atoms with van der Waals surface area (Å²) in [6.45, 7) is 1.52. The van der Waals surface area contributed by atoms with Gasteiger partial charge in [-0.25, -0.2) is 4.68 Å². The first kappa shape index (κ1) is 14.8. The predicted octanol–water partition coefficient (Wildman–Crippen LogP) is 1.93. The second-order valence-electron chi connectivity index (χ2n) is 4.34. The lowest BCUT2D eigenvalue weighted by molar-refractivity contribution is -0.385. The number of nitro benzene ring substituents is 1. The molecule has 0 saturated heterocycles. The SMILES string of the molecule is COc1ccc(Oc2c(CO)c(C)nn2C)cc1[N+](=O)[O-]. The number of aliphatic hydroxyl groups excluding tert-OH is 1. The summed E-state index contributed by atoms with van der Waals surface area (Å²) in [7, 11) is 3.02. The summed E-state index contributed by atoms with van der Waals surface area (Å²) in [5, 5.41) is 24.5. The summed E-state index contributed by atoms with van der Waals surface area (Å²) in [5.74, 6) is 0.755. The number of benzene rings is 1. The van der Waals surface area contributed by atoms with Gasteiger partial charge in [0.15, 0.2) is 5.75 Å². The van der Waals surface area contributed by atoms with Crippen molar-refractivity contribution in [3.05, 3.63) is 39.6 Å². The number of aryl methyl sites for hydroxylation is 2. The second kappa shape index (κ2) is 5.80. The lowest BCUT2D eigenvalue weighted by Gasteiger charge is -2.09. The summed E-state index contributed by atoms with van der Waals surface area (Å²) < 4.78 is 12.0. The first-order valence-corrected chi connectivity index (χ1v) is 6.11. The maximum atomic E-state index is 11.0. The van der Waals surface area contributed by atoms with Gasteiger partial charge >= 0.3 is 5.69 Å². The molecule has 1 N–H and O–H groups in total. The summed E-state index contributed by atoms with van der Waals surface area (Å²) in [5.41, 5.74) is 0.980. The van der Waals surface area contributed by atoms with Crippen molar-refractivity contribution in [1.82, 2.24) is 9.78 Å². The minimum Gasteiger partial charge on any atom is -0.490 e. The molecule has 1 heterocycles. The lowest BCUT2D eigenvalue weighted by Crippen LogP contribution is -1.99. The molecule has 0 unspecified atom stereocenters. The number of hydrogen-bond donors (Lipinski definition) is 1. The van der Waals surface area contributed by atoms with E-state index in [4.69, 9.17) is 9.47 Å². The van der Waals surface area contributed by atoms with Crippen molar-refractivity contribution in [1.29, 1.82) is 0 Å². The molecule has 8 heteroatoms. The first-order valence-electron chi connectivity index (χ1n) is 6.11. The zero-order chi connectivity index (χ0) is 15.6. The molecule has 2 aromatic rings. The molecule has 1 aromatic carbocycles. The number of hydrogen-bond acceptors (Lipinski definition) is 6. The van der Waals surface area contributed by atoms with Gasteiger partial charge in [0, 0.05) is 7.05 Å². The van der Waals surface area contributed by atoms with Gasteiger partial charge in [0.2, 0.25) is 5.88 Å². The van der Waals surface area contributed by atoms with Crippen molar-refractivity contribution in [2.24, 2.45) is 7.05 Å². The van der Waals surface area contributed by atoms with Crippen LogP contribution in [0, 0.1) is 17.0 Å². The third kappa shape index (κ3) is 2.79. The third-order valence-corrected chi connectivity index (χ3v) is 3.01. The molecule has 112 valence electrons. The number of nitrogens with zero attached hydrogens (tertiary/aromatic N) is 3. The van der Waals surface area contributed by atoms with Crippen LogP contribution in [0.2, 0.25) is 0 Å². The number of ether oxygens (including phenoxy) is 2. The summed E-state index contributed by atoms with van der Waals surface area (Å²) >= 11 is 0. The maximum absolute atomic E-state index is 11.0. The average molecular weight is 293 g/mol. The van der Waals surface area contributed by atoms with Gasteiger partial charge in [-0.2, -0.15) is 5.10 Å². The highest BCUT2D eigenvalue weighted by molar-refractivity contribution is 5.51. The van der Waals surface area contributed by atoms with E-state index in [2.05, 4.69) is 5.10 Å². The van der Waals surface area contributed by atoms with Crippen LogP contribution < -0.4 is 9.47 Å². The van der Waals surface area contributed by atoms with Crippen LogP contribution in [-0.4, -0.2) is 26.9 Å². The second-order valence-corrected chi connectivity index (χ2v) is 4.34. The van der Waals surface area contributed by atoms with E-state index in [0.717, 1.165) is 0 Å². The van der Waals surface area contributed by atoms with Gasteiger partial charge in [-0.1, -0.05) is 0 Å². The fourth-order valence-corrected chi connectivity index (χ4v) is 1.98. The Kier molecular flexibility index (Phi) is 4.08. The Balaban J connectivity index is 2.41. The van der Waals surface area contributed by atoms with Crippen LogP contribution in [0.25, 0.3) is 0 Å². The van der Waals surface area contributed by atoms with E-state index < -0.39 is 4.92 Å². The highest BCUT2D eigenvalue weighted by Gasteiger charge is 2.19. The van der Waals surface area contributed by atoms with Crippen molar-refractivity contribution in [2.45, 2.75) is 13.5 Å². The van der Waals surface area contributed by atoms with Crippen LogP contribution >= 0.6 is 0 Å². The average Bonchev–Trinajstić information content (AvgIpc) is 2.72. The van der Waals surface area contributed by atoms with Gasteiger partial charge in [-0.15, -0.1) is 0 Å². The quantitative estimate of drug-likeness (QED) is 0.668. The third-order valence-electron chi connectivity index (χ3n) is 3.01. The lowest BCUT2D eigenvalue weighted by atomic mass is 10.2. The fraction of sp³-hybridized carbons (Fsp3) is 0.308. The Morgan fingerprint density at radius 1 is 1.48 bits per heavy atom. The molecule has 2 rings (SSSR count). The smallest absolute Gasteiger partial charge is 0.314 e. The molecular weight excluding hydrogens is 278 g/mol. The Hall–Kier alpha value is -2.61. The Morgan fingerprint density at radius 2 is 2.19 bits per heavy atom. The number of aromatic nitrogens is 2.